The molecule has 1 aromatic carbocycles. The number of nitriles is 1. The molecule has 122 valence electrons. The summed E-state index contributed by atoms with van der Waals surface area (Å²) in [6, 6.07) is 11.9. The van der Waals surface area contributed by atoms with Crippen LogP contribution >= 0.6 is 0 Å². The summed E-state index contributed by atoms with van der Waals surface area (Å²) in [4.78, 5) is 15.8. The van der Waals surface area contributed by atoms with E-state index in [1.54, 1.807) is 4.90 Å². The average molecular weight is 313 g/mol. The van der Waals surface area contributed by atoms with E-state index in [0.717, 1.165) is 5.56 Å². The lowest BCUT2D eigenvalue weighted by Crippen LogP contribution is -2.48. The predicted molar refractivity (Wildman–Crippen MR) is 89.4 cm³/mol. The van der Waals surface area contributed by atoms with Gasteiger partial charge in [0.1, 0.15) is 11.7 Å². The third kappa shape index (κ3) is 5.03. The maximum absolute atomic E-state index is 12.0. The number of nitrogens with zero attached hydrogens (tertiary/aromatic N) is 3. The van der Waals surface area contributed by atoms with Crippen molar-refractivity contribution in [2.45, 2.75) is 26.4 Å². The molecule has 0 atom stereocenters. The summed E-state index contributed by atoms with van der Waals surface area (Å²) in [6.45, 7) is 8.17. The molecule has 23 heavy (non-hydrogen) atoms. The molecule has 0 aromatic heterocycles. The standard InChI is InChI=1S/C18H23N3O2/c1-18(2,3)23-17(22)21-11-9-20(10-12-21)14-16(13-19)15-7-5-4-6-8-15/h4-8,14H,9-12H2,1-3H3. The molecule has 1 aliphatic rings. The molecule has 1 saturated heterocycles. The second-order valence-electron chi connectivity index (χ2n) is 6.52. The Hall–Kier alpha value is -2.48. The zero-order chi connectivity index (χ0) is 16.9. The predicted octanol–water partition coefficient (Wildman–Crippen LogP) is 3.10. The van der Waals surface area contributed by atoms with Gasteiger partial charge in [-0.15, -0.1) is 0 Å². The first kappa shape index (κ1) is 16.9. The average Bonchev–Trinajstić information content (AvgIpc) is 2.52. The fraction of sp³-hybridized carbons (Fsp3) is 0.444. The first-order valence-electron chi connectivity index (χ1n) is 7.78. The lowest BCUT2D eigenvalue weighted by atomic mass is 10.1. The van der Waals surface area contributed by atoms with Crippen LogP contribution < -0.4 is 0 Å². The third-order valence-electron chi connectivity index (χ3n) is 3.48. The van der Waals surface area contributed by atoms with Crippen molar-refractivity contribution in [1.82, 2.24) is 9.80 Å². The van der Waals surface area contributed by atoms with Crippen molar-refractivity contribution < 1.29 is 9.53 Å². The van der Waals surface area contributed by atoms with Gasteiger partial charge in [0.25, 0.3) is 0 Å². The second kappa shape index (κ2) is 7.19. The molecule has 0 unspecified atom stereocenters. The Morgan fingerprint density at radius 2 is 1.78 bits per heavy atom. The summed E-state index contributed by atoms with van der Waals surface area (Å²) in [6.07, 6.45) is 1.60. The van der Waals surface area contributed by atoms with Gasteiger partial charge in [-0.1, -0.05) is 30.3 Å². The van der Waals surface area contributed by atoms with Crippen LogP contribution in [0.5, 0.6) is 0 Å². The topological polar surface area (TPSA) is 56.6 Å². The number of hydrogen-bond donors (Lipinski definition) is 0. The number of rotatable bonds is 2. The quantitative estimate of drug-likeness (QED) is 0.787. The second-order valence-corrected chi connectivity index (χ2v) is 6.52. The van der Waals surface area contributed by atoms with Crippen LogP contribution in [0.4, 0.5) is 4.79 Å². The molecule has 1 aromatic rings. The van der Waals surface area contributed by atoms with Crippen molar-refractivity contribution in [2.24, 2.45) is 0 Å². The molecule has 0 saturated carbocycles. The van der Waals surface area contributed by atoms with Crippen molar-refractivity contribution in [3.63, 3.8) is 0 Å². The van der Waals surface area contributed by atoms with Gasteiger partial charge in [-0.25, -0.2) is 4.79 Å². The van der Waals surface area contributed by atoms with Crippen molar-refractivity contribution in [2.75, 3.05) is 26.2 Å². The molecule has 0 radical (unpaired) electrons. The molecule has 5 nitrogen and oxygen atoms in total. The van der Waals surface area contributed by atoms with Gasteiger partial charge in [0, 0.05) is 32.4 Å². The Labute approximate surface area is 137 Å². The van der Waals surface area contributed by atoms with E-state index in [0.29, 0.717) is 31.8 Å². The Morgan fingerprint density at radius 3 is 2.30 bits per heavy atom. The molecule has 1 fully saturated rings. The molecule has 0 spiro atoms. The SMILES string of the molecule is CC(C)(C)OC(=O)N1CCN(C=C(C#N)c2ccccc2)CC1. The van der Waals surface area contributed by atoms with Crippen molar-refractivity contribution in [3.05, 3.63) is 42.1 Å². The lowest BCUT2D eigenvalue weighted by molar-refractivity contribution is 0.0177. The largest absolute Gasteiger partial charge is 0.444 e. The van der Waals surface area contributed by atoms with Crippen LogP contribution in [0.2, 0.25) is 0 Å². The molecule has 5 heteroatoms. The third-order valence-corrected chi connectivity index (χ3v) is 3.48. The summed E-state index contributed by atoms with van der Waals surface area (Å²) in [5, 5.41) is 9.35. The van der Waals surface area contributed by atoms with E-state index in [1.165, 1.54) is 0 Å². The van der Waals surface area contributed by atoms with Crippen molar-refractivity contribution in [3.8, 4) is 6.07 Å². The number of piperazine rings is 1. The molecule has 0 N–H and O–H groups in total. The highest BCUT2D eigenvalue weighted by Crippen LogP contribution is 2.16. The fourth-order valence-electron chi connectivity index (χ4n) is 2.33. The molecular formula is C18H23N3O2. The van der Waals surface area contributed by atoms with Gasteiger partial charge in [-0.05, 0) is 26.3 Å². The summed E-state index contributed by atoms with van der Waals surface area (Å²) >= 11 is 0. The first-order valence-corrected chi connectivity index (χ1v) is 7.78. The van der Waals surface area contributed by atoms with Crippen LogP contribution in [0.15, 0.2) is 36.5 Å². The van der Waals surface area contributed by atoms with E-state index >= 15 is 0 Å². The van der Waals surface area contributed by atoms with Gasteiger partial charge >= 0.3 is 6.09 Å². The number of carbonyl (C=O) groups excluding carboxylic acids is 1. The zero-order valence-corrected chi connectivity index (χ0v) is 14.0. The van der Waals surface area contributed by atoms with Crippen molar-refractivity contribution in [1.29, 1.82) is 5.26 Å². The molecule has 1 heterocycles. The summed E-state index contributed by atoms with van der Waals surface area (Å²) in [7, 11) is 0. The normalized spacial score (nSPS) is 16.0. The number of carbonyl (C=O) groups is 1. The van der Waals surface area contributed by atoms with Gasteiger partial charge in [-0.3, -0.25) is 0 Å². The van der Waals surface area contributed by atoms with E-state index < -0.39 is 5.60 Å². The van der Waals surface area contributed by atoms with E-state index in [9.17, 15) is 10.1 Å². The molecule has 0 bridgehead atoms. The van der Waals surface area contributed by atoms with Crippen LogP contribution in [0, 0.1) is 11.3 Å². The molecule has 2 rings (SSSR count). The van der Waals surface area contributed by atoms with Crippen LogP contribution in [0.3, 0.4) is 0 Å². The highest BCUT2D eigenvalue weighted by Gasteiger charge is 2.25. The minimum absolute atomic E-state index is 0.273. The van der Waals surface area contributed by atoms with Crippen LogP contribution in [0.25, 0.3) is 5.57 Å². The Kier molecular flexibility index (Phi) is 5.28. The highest BCUT2D eigenvalue weighted by atomic mass is 16.6. The Balaban J connectivity index is 1.95. The van der Waals surface area contributed by atoms with Gasteiger partial charge in [0.2, 0.25) is 0 Å². The first-order chi connectivity index (χ1) is 10.9. The number of benzene rings is 1. The number of allylic oxidation sites excluding steroid dienone is 1. The van der Waals surface area contributed by atoms with Gasteiger partial charge in [0.05, 0.1) is 5.57 Å². The lowest BCUT2D eigenvalue weighted by Gasteiger charge is -2.35. The molecular weight excluding hydrogens is 290 g/mol. The minimum atomic E-state index is -0.477. The van der Waals surface area contributed by atoms with Gasteiger partial charge < -0.3 is 14.5 Å². The maximum atomic E-state index is 12.0. The molecule has 1 aliphatic heterocycles. The smallest absolute Gasteiger partial charge is 0.410 e. The van der Waals surface area contributed by atoms with Crippen LogP contribution in [0.1, 0.15) is 26.3 Å². The number of amides is 1. The Morgan fingerprint density at radius 1 is 1.17 bits per heavy atom. The summed E-state index contributed by atoms with van der Waals surface area (Å²) in [5.41, 5.74) is 1.07. The Bertz CT molecular complexity index is 603. The van der Waals surface area contributed by atoms with E-state index in [2.05, 4.69) is 11.0 Å². The van der Waals surface area contributed by atoms with Gasteiger partial charge in [-0.2, -0.15) is 5.26 Å². The van der Waals surface area contributed by atoms with Crippen molar-refractivity contribution >= 4 is 11.7 Å². The fourth-order valence-corrected chi connectivity index (χ4v) is 2.33. The monoisotopic (exact) mass is 313 g/mol. The summed E-state index contributed by atoms with van der Waals surface area (Å²) < 4.78 is 5.38. The number of hydrogen-bond acceptors (Lipinski definition) is 4. The number of ether oxygens (including phenoxy) is 1. The highest BCUT2D eigenvalue weighted by molar-refractivity contribution is 5.76. The molecule has 1 amide bonds. The van der Waals surface area contributed by atoms with Crippen LogP contribution in [-0.4, -0.2) is 47.7 Å². The molecule has 0 aliphatic carbocycles. The minimum Gasteiger partial charge on any atom is -0.444 e. The zero-order valence-electron chi connectivity index (χ0n) is 14.0. The van der Waals surface area contributed by atoms with E-state index in [4.69, 9.17) is 4.74 Å². The summed E-state index contributed by atoms with van der Waals surface area (Å²) in [5.74, 6) is 0. The van der Waals surface area contributed by atoms with Gasteiger partial charge in [0.15, 0.2) is 0 Å². The van der Waals surface area contributed by atoms with Crippen LogP contribution in [-0.2, 0) is 4.74 Å². The van der Waals surface area contributed by atoms with E-state index in [1.807, 2.05) is 57.3 Å². The maximum Gasteiger partial charge on any atom is 0.410 e. The van der Waals surface area contributed by atoms with E-state index in [-0.39, 0.29) is 6.09 Å².